The van der Waals surface area contributed by atoms with Crippen molar-refractivity contribution in [2.24, 2.45) is 0 Å². The van der Waals surface area contributed by atoms with Crippen LogP contribution in [0.25, 0.3) is 0 Å². The summed E-state index contributed by atoms with van der Waals surface area (Å²) in [5.41, 5.74) is 0.150. The lowest BCUT2D eigenvalue weighted by Crippen LogP contribution is -2.01. The summed E-state index contributed by atoms with van der Waals surface area (Å²) in [5.74, 6) is -1.54. The van der Waals surface area contributed by atoms with E-state index in [0.717, 1.165) is 6.92 Å². The van der Waals surface area contributed by atoms with Gasteiger partial charge in [0.25, 0.3) is 0 Å². The molecular weight excluding hydrogens is 240 g/mol. The Morgan fingerprint density at radius 3 is 2.06 bits per heavy atom. The van der Waals surface area contributed by atoms with Gasteiger partial charge in [0, 0.05) is 6.92 Å². The summed E-state index contributed by atoms with van der Waals surface area (Å²) < 4.78 is 0. The molecule has 6 nitrogen and oxygen atoms in total. The summed E-state index contributed by atoms with van der Waals surface area (Å²) in [6.07, 6.45) is 0. The molecule has 0 bridgehead atoms. The Kier molecular flexibility index (Phi) is 6.86. The van der Waals surface area contributed by atoms with Crippen LogP contribution in [0.3, 0.4) is 0 Å². The summed E-state index contributed by atoms with van der Waals surface area (Å²) in [4.78, 5) is 26.6. The molecule has 0 saturated heterocycles. The molecule has 88 valence electrons. The number of hydrogen-bond acceptors (Lipinski definition) is 6. The Labute approximate surface area is 95.8 Å². The quantitative estimate of drug-likeness (QED) is 0.583. The molecule has 0 atom stereocenters. The Bertz CT molecular complexity index is 365. The molecule has 0 radical (unpaired) electrons. The molecule has 0 spiro atoms. The molecule has 1 aromatic carbocycles. The van der Waals surface area contributed by atoms with Crippen molar-refractivity contribution in [1.82, 2.24) is 0 Å². The van der Waals surface area contributed by atoms with E-state index in [1.165, 1.54) is 12.1 Å². The summed E-state index contributed by atoms with van der Waals surface area (Å²) >= 11 is 5.59. The largest absolute Gasteiger partial charge is 0.374 e. The fourth-order valence-corrected chi connectivity index (χ4v) is 0.889. The van der Waals surface area contributed by atoms with Crippen LogP contribution in [0.2, 0.25) is 5.02 Å². The molecule has 1 rings (SSSR count). The molecule has 0 aliphatic heterocycles. The van der Waals surface area contributed by atoms with Crippen molar-refractivity contribution >= 4 is 23.5 Å². The van der Waals surface area contributed by atoms with E-state index < -0.39 is 11.9 Å². The molecule has 16 heavy (non-hydrogen) atoms. The van der Waals surface area contributed by atoms with E-state index in [-0.39, 0.29) is 10.6 Å². The Balaban J connectivity index is 0.000000385. The van der Waals surface area contributed by atoms with Crippen molar-refractivity contribution in [2.45, 2.75) is 6.92 Å². The number of rotatable bonds is 1. The zero-order valence-corrected chi connectivity index (χ0v) is 8.97. The van der Waals surface area contributed by atoms with Crippen LogP contribution >= 0.6 is 11.6 Å². The molecule has 0 heterocycles. The summed E-state index contributed by atoms with van der Waals surface area (Å²) in [7, 11) is 0. The Morgan fingerprint density at radius 1 is 1.19 bits per heavy atom. The molecule has 2 N–H and O–H groups in total. The lowest BCUT2D eigenvalue weighted by atomic mass is 10.2. The molecule has 1 aromatic rings. The van der Waals surface area contributed by atoms with Crippen LogP contribution in [-0.2, 0) is 14.6 Å². The minimum atomic E-state index is -0.851. The Hall–Kier alpha value is -1.63. The first-order valence-electron chi connectivity index (χ1n) is 3.95. The minimum absolute atomic E-state index is 0.150. The fraction of sp³-hybridized carbons (Fsp3) is 0.111. The number of halogens is 1. The van der Waals surface area contributed by atoms with Gasteiger partial charge in [-0.25, -0.2) is 9.59 Å². The van der Waals surface area contributed by atoms with Gasteiger partial charge in [-0.2, -0.15) is 10.5 Å². The first-order valence-corrected chi connectivity index (χ1v) is 4.33. The van der Waals surface area contributed by atoms with E-state index in [2.05, 4.69) is 9.78 Å². The molecule has 7 heteroatoms. The molecular formula is C9H9ClO6. The molecule has 0 unspecified atom stereocenters. The monoisotopic (exact) mass is 248 g/mol. The number of carbonyl (C=O) groups excluding carboxylic acids is 2. The average molecular weight is 249 g/mol. The number of carbonyl (C=O) groups is 2. The maximum absolute atomic E-state index is 10.7. The third-order valence-electron chi connectivity index (χ3n) is 1.31. The Morgan fingerprint density at radius 2 is 1.69 bits per heavy atom. The van der Waals surface area contributed by atoms with Crippen molar-refractivity contribution in [1.29, 1.82) is 0 Å². The maximum atomic E-state index is 10.7. The zero-order valence-electron chi connectivity index (χ0n) is 8.21. The molecule has 0 amide bonds. The second-order valence-electron chi connectivity index (χ2n) is 2.44. The molecule has 0 aromatic heterocycles. The molecule has 0 fully saturated rings. The average Bonchev–Trinajstić information content (AvgIpc) is 2.29. The van der Waals surface area contributed by atoms with Crippen molar-refractivity contribution < 1.29 is 29.9 Å². The lowest BCUT2D eigenvalue weighted by molar-refractivity contribution is -0.231. The third kappa shape index (κ3) is 5.30. The zero-order chi connectivity index (χ0) is 12.6. The van der Waals surface area contributed by atoms with Crippen LogP contribution in [0, 0.1) is 0 Å². The highest BCUT2D eigenvalue weighted by atomic mass is 35.5. The molecule has 0 aliphatic carbocycles. The van der Waals surface area contributed by atoms with Crippen LogP contribution in [0.4, 0.5) is 0 Å². The smallest absolute Gasteiger partial charge is 0.301 e. The van der Waals surface area contributed by atoms with E-state index in [9.17, 15) is 9.59 Å². The molecule has 0 saturated carbocycles. The van der Waals surface area contributed by atoms with Crippen LogP contribution in [0.1, 0.15) is 17.3 Å². The van der Waals surface area contributed by atoms with Gasteiger partial charge < -0.3 is 4.89 Å². The summed E-state index contributed by atoms with van der Waals surface area (Å²) in [5, 5.41) is 15.6. The standard InChI is InChI=1S/C7H5ClO3.C2H4O3/c8-6-4-2-1-3-5(6)7(9)11-10;1-2(3)5-4/h1-4,10H;4H,1H3. The van der Waals surface area contributed by atoms with Crippen LogP contribution < -0.4 is 0 Å². The van der Waals surface area contributed by atoms with Crippen LogP contribution in [0.15, 0.2) is 24.3 Å². The summed E-state index contributed by atoms with van der Waals surface area (Å²) in [6.45, 7) is 1.11. The van der Waals surface area contributed by atoms with E-state index >= 15 is 0 Å². The van der Waals surface area contributed by atoms with Gasteiger partial charge in [0.05, 0.1) is 10.6 Å². The third-order valence-corrected chi connectivity index (χ3v) is 1.63. The van der Waals surface area contributed by atoms with Crippen LogP contribution in [0.5, 0.6) is 0 Å². The van der Waals surface area contributed by atoms with Crippen molar-refractivity contribution in [3.05, 3.63) is 34.9 Å². The van der Waals surface area contributed by atoms with Gasteiger partial charge in [-0.05, 0) is 12.1 Å². The number of benzene rings is 1. The van der Waals surface area contributed by atoms with Crippen molar-refractivity contribution in [3.63, 3.8) is 0 Å². The topological polar surface area (TPSA) is 93.1 Å². The van der Waals surface area contributed by atoms with Crippen LogP contribution in [-0.4, -0.2) is 22.5 Å². The van der Waals surface area contributed by atoms with Gasteiger partial charge in [0.1, 0.15) is 0 Å². The van der Waals surface area contributed by atoms with E-state index in [4.69, 9.17) is 22.1 Å². The minimum Gasteiger partial charge on any atom is -0.301 e. The van der Waals surface area contributed by atoms with Gasteiger partial charge in [-0.1, -0.05) is 23.7 Å². The fourth-order valence-electron chi connectivity index (χ4n) is 0.676. The predicted octanol–water partition coefficient (Wildman–Crippen LogP) is 1.99. The molecule has 0 aliphatic rings. The van der Waals surface area contributed by atoms with Gasteiger partial charge in [-0.15, -0.1) is 0 Å². The van der Waals surface area contributed by atoms with Crippen molar-refractivity contribution in [3.8, 4) is 0 Å². The highest BCUT2D eigenvalue weighted by Crippen LogP contribution is 2.15. The van der Waals surface area contributed by atoms with E-state index in [1.54, 1.807) is 12.1 Å². The lowest BCUT2D eigenvalue weighted by Gasteiger charge is -1.97. The van der Waals surface area contributed by atoms with Gasteiger partial charge in [0.2, 0.25) is 0 Å². The highest BCUT2D eigenvalue weighted by Gasteiger charge is 2.09. The second kappa shape index (κ2) is 7.63. The van der Waals surface area contributed by atoms with Gasteiger partial charge >= 0.3 is 11.9 Å². The maximum Gasteiger partial charge on any atom is 0.374 e. The first kappa shape index (κ1) is 14.4. The second-order valence-corrected chi connectivity index (χ2v) is 2.85. The van der Waals surface area contributed by atoms with Gasteiger partial charge in [0.15, 0.2) is 0 Å². The first-order chi connectivity index (χ1) is 7.52. The normalized spacial score (nSPS) is 8.50. The SMILES string of the molecule is CC(=O)OO.O=C(OO)c1ccccc1Cl. The van der Waals surface area contributed by atoms with Gasteiger partial charge in [-0.3, -0.25) is 4.89 Å². The highest BCUT2D eigenvalue weighted by molar-refractivity contribution is 6.33. The van der Waals surface area contributed by atoms with E-state index in [1.807, 2.05) is 0 Å². The summed E-state index contributed by atoms with van der Waals surface area (Å²) in [6, 6.07) is 6.29. The predicted molar refractivity (Wildman–Crippen MR) is 53.9 cm³/mol. The number of hydrogen-bond donors (Lipinski definition) is 2. The van der Waals surface area contributed by atoms with Crippen molar-refractivity contribution in [2.75, 3.05) is 0 Å². The van der Waals surface area contributed by atoms with E-state index in [0.29, 0.717) is 0 Å².